The number of ether oxygens (including phenoxy) is 1. The zero-order chi connectivity index (χ0) is 8.69. The van der Waals surface area contributed by atoms with Crippen molar-refractivity contribution in [3.05, 3.63) is 0 Å². The van der Waals surface area contributed by atoms with Gasteiger partial charge in [-0.05, 0) is 13.5 Å². The van der Waals surface area contributed by atoms with Gasteiger partial charge in [-0.15, -0.1) is 11.6 Å². The number of nitrogens with zero attached hydrogens (tertiary/aromatic N) is 1. The average Bonchev–Trinajstić information content (AvgIpc) is 2.00. The lowest BCUT2D eigenvalue weighted by Gasteiger charge is -2.26. The molecule has 0 aliphatic rings. The van der Waals surface area contributed by atoms with Crippen LogP contribution in [0, 0.1) is 0 Å². The lowest BCUT2D eigenvalue weighted by Crippen LogP contribution is -2.37. The van der Waals surface area contributed by atoms with Crippen molar-refractivity contribution in [1.29, 1.82) is 0 Å². The SMILES string of the molecule is CCN(CCCl)C(C)COC. The number of hydrogen-bond donors (Lipinski definition) is 0. The number of hydrogen-bond acceptors (Lipinski definition) is 2. The van der Waals surface area contributed by atoms with Crippen LogP contribution in [-0.4, -0.2) is 43.6 Å². The van der Waals surface area contributed by atoms with E-state index >= 15 is 0 Å². The molecule has 0 N–H and O–H groups in total. The van der Waals surface area contributed by atoms with Crippen LogP contribution in [0.25, 0.3) is 0 Å². The smallest absolute Gasteiger partial charge is 0.0615 e. The van der Waals surface area contributed by atoms with Crippen LogP contribution in [0.15, 0.2) is 0 Å². The normalized spacial score (nSPS) is 13.9. The van der Waals surface area contributed by atoms with Crippen LogP contribution in [0.3, 0.4) is 0 Å². The molecule has 0 bridgehead atoms. The van der Waals surface area contributed by atoms with Crippen molar-refractivity contribution in [2.75, 3.05) is 32.7 Å². The molecule has 0 saturated heterocycles. The van der Waals surface area contributed by atoms with E-state index in [9.17, 15) is 0 Å². The second-order valence-electron chi connectivity index (χ2n) is 2.62. The van der Waals surface area contributed by atoms with Gasteiger partial charge in [-0.3, -0.25) is 4.90 Å². The number of alkyl halides is 1. The fourth-order valence-electron chi connectivity index (χ4n) is 1.15. The van der Waals surface area contributed by atoms with Crippen molar-refractivity contribution in [2.24, 2.45) is 0 Å². The Morgan fingerprint density at radius 3 is 2.55 bits per heavy atom. The van der Waals surface area contributed by atoms with Crippen LogP contribution in [0.5, 0.6) is 0 Å². The molecule has 0 aliphatic heterocycles. The molecule has 0 aromatic carbocycles. The first-order valence-corrected chi connectivity index (χ1v) is 4.58. The van der Waals surface area contributed by atoms with Crippen molar-refractivity contribution < 1.29 is 4.74 Å². The minimum atomic E-state index is 0.476. The predicted octanol–water partition coefficient (Wildman–Crippen LogP) is 1.58. The molecule has 1 atom stereocenters. The highest BCUT2D eigenvalue weighted by molar-refractivity contribution is 6.18. The standard InChI is InChI=1S/C8H18ClNO/c1-4-10(6-5-9)8(2)7-11-3/h8H,4-7H2,1-3H3. The molecular formula is C8H18ClNO. The molecule has 0 fully saturated rings. The summed E-state index contributed by atoms with van der Waals surface area (Å²) in [7, 11) is 1.73. The topological polar surface area (TPSA) is 12.5 Å². The molecule has 0 amide bonds. The highest BCUT2D eigenvalue weighted by Crippen LogP contribution is 1.98. The molecule has 1 unspecified atom stereocenters. The minimum absolute atomic E-state index is 0.476. The summed E-state index contributed by atoms with van der Waals surface area (Å²) in [4.78, 5) is 2.30. The van der Waals surface area contributed by atoms with Gasteiger partial charge >= 0.3 is 0 Å². The number of methoxy groups -OCH3 is 1. The molecular weight excluding hydrogens is 162 g/mol. The van der Waals surface area contributed by atoms with E-state index in [1.807, 2.05) is 0 Å². The third kappa shape index (κ3) is 4.62. The van der Waals surface area contributed by atoms with Gasteiger partial charge in [0.05, 0.1) is 6.61 Å². The lowest BCUT2D eigenvalue weighted by molar-refractivity contribution is 0.107. The van der Waals surface area contributed by atoms with E-state index in [1.54, 1.807) is 7.11 Å². The Labute approximate surface area is 74.5 Å². The molecule has 0 rings (SSSR count). The van der Waals surface area contributed by atoms with Crippen molar-refractivity contribution in [2.45, 2.75) is 19.9 Å². The van der Waals surface area contributed by atoms with Crippen LogP contribution in [0.4, 0.5) is 0 Å². The molecule has 68 valence electrons. The van der Waals surface area contributed by atoms with Gasteiger partial charge in [-0.1, -0.05) is 6.92 Å². The van der Waals surface area contributed by atoms with Gasteiger partial charge in [-0.2, -0.15) is 0 Å². The summed E-state index contributed by atoms with van der Waals surface area (Å²) in [6.45, 7) is 7.06. The molecule has 2 nitrogen and oxygen atoms in total. The lowest BCUT2D eigenvalue weighted by atomic mass is 10.3. The number of halogens is 1. The summed E-state index contributed by atoms with van der Waals surface area (Å²) >= 11 is 5.64. The second-order valence-corrected chi connectivity index (χ2v) is 3.00. The average molecular weight is 180 g/mol. The second kappa shape index (κ2) is 6.89. The highest BCUT2D eigenvalue weighted by Gasteiger charge is 2.09. The Balaban J connectivity index is 3.61. The minimum Gasteiger partial charge on any atom is -0.383 e. The van der Waals surface area contributed by atoms with Crippen molar-refractivity contribution in [3.8, 4) is 0 Å². The number of likely N-dealkylation sites (N-methyl/N-ethyl adjacent to an activating group) is 1. The Morgan fingerprint density at radius 2 is 2.18 bits per heavy atom. The predicted molar refractivity (Wildman–Crippen MR) is 49.3 cm³/mol. The van der Waals surface area contributed by atoms with E-state index in [2.05, 4.69) is 18.7 Å². The maximum absolute atomic E-state index is 5.64. The Kier molecular flexibility index (Phi) is 7.02. The maximum atomic E-state index is 5.64. The fourth-order valence-corrected chi connectivity index (χ4v) is 1.36. The summed E-state index contributed by atoms with van der Waals surface area (Å²) in [5.74, 6) is 0.696. The summed E-state index contributed by atoms with van der Waals surface area (Å²) in [6.07, 6.45) is 0. The van der Waals surface area contributed by atoms with Crippen LogP contribution >= 0.6 is 11.6 Å². The van der Waals surface area contributed by atoms with Gasteiger partial charge in [0.25, 0.3) is 0 Å². The summed E-state index contributed by atoms with van der Waals surface area (Å²) < 4.78 is 5.05. The van der Waals surface area contributed by atoms with E-state index in [4.69, 9.17) is 16.3 Å². The molecule has 3 heteroatoms. The quantitative estimate of drug-likeness (QED) is 0.575. The highest BCUT2D eigenvalue weighted by atomic mass is 35.5. The van der Waals surface area contributed by atoms with E-state index in [1.165, 1.54) is 0 Å². The first-order valence-electron chi connectivity index (χ1n) is 4.05. The van der Waals surface area contributed by atoms with Crippen LogP contribution in [0.2, 0.25) is 0 Å². The van der Waals surface area contributed by atoms with E-state index in [0.717, 1.165) is 19.7 Å². The molecule has 11 heavy (non-hydrogen) atoms. The zero-order valence-electron chi connectivity index (χ0n) is 7.64. The number of rotatable bonds is 6. The Morgan fingerprint density at radius 1 is 1.55 bits per heavy atom. The fraction of sp³-hybridized carbons (Fsp3) is 1.00. The molecule has 0 spiro atoms. The largest absolute Gasteiger partial charge is 0.383 e. The molecule has 0 heterocycles. The van der Waals surface area contributed by atoms with Gasteiger partial charge in [0.2, 0.25) is 0 Å². The molecule has 0 aliphatic carbocycles. The van der Waals surface area contributed by atoms with Gasteiger partial charge in [0, 0.05) is 25.6 Å². The molecule has 0 radical (unpaired) electrons. The van der Waals surface area contributed by atoms with Gasteiger partial charge in [0.15, 0.2) is 0 Å². The first-order chi connectivity index (χ1) is 5.26. The van der Waals surface area contributed by atoms with Crippen molar-refractivity contribution >= 4 is 11.6 Å². The Bertz CT molecular complexity index is 90.2. The monoisotopic (exact) mass is 179 g/mol. The van der Waals surface area contributed by atoms with Crippen LogP contribution in [0.1, 0.15) is 13.8 Å². The van der Waals surface area contributed by atoms with E-state index < -0.39 is 0 Å². The van der Waals surface area contributed by atoms with Crippen molar-refractivity contribution in [1.82, 2.24) is 4.90 Å². The third-order valence-electron chi connectivity index (χ3n) is 1.81. The molecule has 0 aromatic heterocycles. The first kappa shape index (κ1) is 11.2. The van der Waals surface area contributed by atoms with E-state index in [0.29, 0.717) is 11.9 Å². The summed E-state index contributed by atoms with van der Waals surface area (Å²) in [5.41, 5.74) is 0. The zero-order valence-corrected chi connectivity index (χ0v) is 8.40. The maximum Gasteiger partial charge on any atom is 0.0615 e. The molecule has 0 saturated carbocycles. The summed E-state index contributed by atoms with van der Waals surface area (Å²) in [5, 5.41) is 0. The van der Waals surface area contributed by atoms with Gasteiger partial charge in [0.1, 0.15) is 0 Å². The van der Waals surface area contributed by atoms with Crippen molar-refractivity contribution in [3.63, 3.8) is 0 Å². The van der Waals surface area contributed by atoms with Gasteiger partial charge in [-0.25, -0.2) is 0 Å². The van der Waals surface area contributed by atoms with Crippen LogP contribution in [-0.2, 0) is 4.74 Å². The van der Waals surface area contributed by atoms with Gasteiger partial charge < -0.3 is 4.74 Å². The molecule has 0 aromatic rings. The summed E-state index contributed by atoms with van der Waals surface area (Å²) in [6, 6.07) is 0.476. The Hall–Kier alpha value is 0.210. The third-order valence-corrected chi connectivity index (χ3v) is 1.98. The van der Waals surface area contributed by atoms with Crippen LogP contribution < -0.4 is 0 Å². The van der Waals surface area contributed by atoms with E-state index in [-0.39, 0.29) is 0 Å².